The average molecular weight is 305 g/mol. The first-order chi connectivity index (χ1) is 10.2. The fourth-order valence-corrected chi connectivity index (χ4v) is 3.15. The highest BCUT2D eigenvalue weighted by Crippen LogP contribution is 2.26. The largest absolute Gasteiger partial charge is 0.339 e. The van der Waals surface area contributed by atoms with E-state index in [4.69, 9.17) is 4.52 Å². The number of aromatic nitrogens is 2. The van der Waals surface area contributed by atoms with Crippen molar-refractivity contribution in [2.24, 2.45) is 0 Å². The molecule has 0 aliphatic rings. The van der Waals surface area contributed by atoms with Gasteiger partial charge < -0.3 is 9.84 Å². The number of aryl methyl sites for hydroxylation is 1. The highest BCUT2D eigenvalue weighted by Gasteiger charge is 2.22. The monoisotopic (exact) mass is 305 g/mol. The minimum Gasteiger partial charge on any atom is -0.339 e. The zero-order valence-electron chi connectivity index (χ0n) is 13.1. The molecule has 1 aromatic heterocycles. The Labute approximate surface area is 130 Å². The van der Waals surface area contributed by atoms with Gasteiger partial charge in [0.2, 0.25) is 5.89 Å². The molecule has 5 heteroatoms. The van der Waals surface area contributed by atoms with Crippen LogP contribution in [-0.4, -0.2) is 23.2 Å². The number of likely N-dealkylation sites (N-methyl/N-ethyl adjacent to an activating group) is 1. The zero-order valence-corrected chi connectivity index (χ0v) is 13.9. The highest BCUT2D eigenvalue weighted by atomic mass is 32.2. The van der Waals surface area contributed by atoms with Gasteiger partial charge in [0.15, 0.2) is 5.82 Å². The molecule has 114 valence electrons. The van der Waals surface area contributed by atoms with Gasteiger partial charge in [-0.3, -0.25) is 0 Å². The summed E-state index contributed by atoms with van der Waals surface area (Å²) in [6.07, 6.45) is 0.981. The Kier molecular flexibility index (Phi) is 5.82. The second-order valence-electron chi connectivity index (χ2n) is 5.20. The minimum atomic E-state index is 0.264. The maximum absolute atomic E-state index is 5.44. The van der Waals surface area contributed by atoms with Crippen LogP contribution in [0.1, 0.15) is 43.5 Å². The molecule has 2 atom stereocenters. The van der Waals surface area contributed by atoms with Crippen LogP contribution in [0.5, 0.6) is 0 Å². The van der Waals surface area contributed by atoms with Crippen molar-refractivity contribution in [2.75, 3.05) is 7.05 Å². The van der Waals surface area contributed by atoms with Crippen molar-refractivity contribution in [3.63, 3.8) is 0 Å². The first-order valence-corrected chi connectivity index (χ1v) is 8.32. The standard InChI is InChI=1S/C16H23N3OS/c1-5-13(12(3)17-4)16-18-15(19-20-16)10-21-14-9-7-6-8-11(14)2/h6-9,12-13,17H,5,10H2,1-4H3. The van der Waals surface area contributed by atoms with Gasteiger partial charge in [-0.05, 0) is 38.9 Å². The quantitative estimate of drug-likeness (QED) is 0.789. The number of rotatable bonds is 7. The molecular formula is C16H23N3OS. The number of hydrogen-bond acceptors (Lipinski definition) is 5. The molecule has 0 radical (unpaired) electrons. The molecule has 0 saturated carbocycles. The predicted octanol–water partition coefficient (Wildman–Crippen LogP) is 3.77. The number of hydrogen-bond donors (Lipinski definition) is 1. The molecule has 0 bridgehead atoms. The summed E-state index contributed by atoms with van der Waals surface area (Å²) in [6.45, 7) is 6.40. The van der Waals surface area contributed by atoms with E-state index in [1.54, 1.807) is 11.8 Å². The summed E-state index contributed by atoms with van der Waals surface area (Å²) in [7, 11) is 1.96. The van der Waals surface area contributed by atoms with Crippen molar-refractivity contribution >= 4 is 11.8 Å². The maximum Gasteiger partial charge on any atom is 0.231 e. The van der Waals surface area contributed by atoms with E-state index in [1.807, 2.05) is 7.05 Å². The minimum absolute atomic E-state index is 0.264. The van der Waals surface area contributed by atoms with Gasteiger partial charge >= 0.3 is 0 Å². The summed E-state index contributed by atoms with van der Waals surface area (Å²) in [5.74, 6) is 2.50. The van der Waals surface area contributed by atoms with Gasteiger partial charge in [0, 0.05) is 10.9 Å². The summed E-state index contributed by atoms with van der Waals surface area (Å²) >= 11 is 1.75. The molecule has 2 aromatic rings. The van der Waals surface area contributed by atoms with E-state index in [1.165, 1.54) is 10.5 Å². The van der Waals surface area contributed by atoms with E-state index in [0.717, 1.165) is 23.9 Å². The van der Waals surface area contributed by atoms with Gasteiger partial charge in [-0.2, -0.15) is 4.98 Å². The molecule has 1 heterocycles. The molecule has 0 aliphatic heterocycles. The van der Waals surface area contributed by atoms with Crippen molar-refractivity contribution in [1.82, 2.24) is 15.5 Å². The average Bonchev–Trinajstić information content (AvgIpc) is 2.95. The normalized spacial score (nSPS) is 14.1. The summed E-state index contributed by atoms with van der Waals surface area (Å²) in [5.41, 5.74) is 1.28. The van der Waals surface area contributed by atoms with Gasteiger partial charge in [-0.25, -0.2) is 0 Å². The summed E-state index contributed by atoms with van der Waals surface area (Å²) in [6, 6.07) is 8.67. The van der Waals surface area contributed by atoms with Gasteiger partial charge in [0.1, 0.15) is 0 Å². The van der Waals surface area contributed by atoms with Crippen LogP contribution < -0.4 is 5.32 Å². The Balaban J connectivity index is 2.01. The Morgan fingerprint density at radius 2 is 2.10 bits per heavy atom. The van der Waals surface area contributed by atoms with Crippen LogP contribution in [0.2, 0.25) is 0 Å². The highest BCUT2D eigenvalue weighted by molar-refractivity contribution is 7.98. The molecular weight excluding hydrogens is 282 g/mol. The molecule has 0 spiro atoms. The van der Waals surface area contributed by atoms with Gasteiger partial charge in [-0.1, -0.05) is 30.3 Å². The van der Waals surface area contributed by atoms with Crippen LogP contribution in [0.25, 0.3) is 0 Å². The molecule has 2 rings (SSSR count). The maximum atomic E-state index is 5.44. The summed E-state index contributed by atoms with van der Waals surface area (Å²) < 4.78 is 5.44. The second-order valence-corrected chi connectivity index (χ2v) is 6.21. The van der Waals surface area contributed by atoms with E-state index >= 15 is 0 Å². The molecule has 1 aromatic carbocycles. The van der Waals surface area contributed by atoms with Crippen molar-refractivity contribution in [3.05, 3.63) is 41.5 Å². The third-order valence-corrected chi connectivity index (χ3v) is 4.92. The lowest BCUT2D eigenvalue weighted by Gasteiger charge is -2.17. The van der Waals surface area contributed by atoms with Crippen molar-refractivity contribution in [3.8, 4) is 0 Å². The predicted molar refractivity (Wildman–Crippen MR) is 86.6 cm³/mol. The Morgan fingerprint density at radius 3 is 2.76 bits per heavy atom. The Hall–Kier alpha value is -1.33. The van der Waals surface area contributed by atoms with Gasteiger partial charge in [0.25, 0.3) is 0 Å². The van der Waals surface area contributed by atoms with Crippen molar-refractivity contribution in [1.29, 1.82) is 0 Å². The smallest absolute Gasteiger partial charge is 0.231 e. The summed E-state index contributed by atoms with van der Waals surface area (Å²) in [5, 5.41) is 7.37. The SMILES string of the molecule is CCC(c1nc(CSc2ccccc2C)no1)C(C)NC. The second kappa shape index (κ2) is 7.61. The molecule has 2 unspecified atom stereocenters. The molecule has 0 saturated heterocycles. The van der Waals surface area contributed by atoms with Gasteiger partial charge in [-0.15, -0.1) is 11.8 Å². The Morgan fingerprint density at radius 1 is 1.33 bits per heavy atom. The first-order valence-electron chi connectivity index (χ1n) is 7.33. The van der Waals surface area contributed by atoms with Gasteiger partial charge in [0.05, 0.1) is 11.7 Å². The molecule has 0 aliphatic carbocycles. The van der Waals surface area contributed by atoms with Crippen LogP contribution >= 0.6 is 11.8 Å². The van der Waals surface area contributed by atoms with Crippen LogP contribution in [-0.2, 0) is 5.75 Å². The number of nitrogens with zero attached hydrogens (tertiary/aromatic N) is 2. The molecule has 21 heavy (non-hydrogen) atoms. The van der Waals surface area contributed by atoms with Crippen molar-refractivity contribution in [2.45, 2.75) is 49.8 Å². The number of thioether (sulfide) groups is 1. The van der Waals surface area contributed by atoms with E-state index in [2.05, 4.69) is 60.5 Å². The molecule has 0 fully saturated rings. The lowest BCUT2D eigenvalue weighted by molar-refractivity contribution is 0.320. The fourth-order valence-electron chi connectivity index (χ4n) is 2.28. The third kappa shape index (κ3) is 4.08. The van der Waals surface area contributed by atoms with Crippen molar-refractivity contribution < 1.29 is 4.52 Å². The van der Waals surface area contributed by atoms with Crippen LogP contribution in [0.15, 0.2) is 33.7 Å². The lowest BCUT2D eigenvalue weighted by atomic mass is 9.98. The van der Waals surface area contributed by atoms with E-state index in [9.17, 15) is 0 Å². The topological polar surface area (TPSA) is 51.0 Å². The molecule has 1 N–H and O–H groups in total. The Bertz CT molecular complexity index is 570. The van der Waals surface area contributed by atoms with Crippen LogP contribution in [0.3, 0.4) is 0 Å². The van der Waals surface area contributed by atoms with E-state index in [-0.39, 0.29) is 5.92 Å². The van der Waals surface area contributed by atoms with Crippen LogP contribution in [0.4, 0.5) is 0 Å². The number of benzene rings is 1. The third-order valence-electron chi connectivity index (χ3n) is 3.75. The summed E-state index contributed by atoms with van der Waals surface area (Å²) in [4.78, 5) is 5.82. The van der Waals surface area contributed by atoms with Crippen LogP contribution in [0, 0.1) is 6.92 Å². The lowest BCUT2D eigenvalue weighted by Crippen LogP contribution is -2.28. The molecule has 4 nitrogen and oxygen atoms in total. The van der Waals surface area contributed by atoms with E-state index < -0.39 is 0 Å². The fraction of sp³-hybridized carbons (Fsp3) is 0.500. The van der Waals surface area contributed by atoms with E-state index in [0.29, 0.717) is 6.04 Å². The first kappa shape index (κ1) is 16.0. The molecule has 0 amide bonds. The zero-order chi connectivity index (χ0) is 15.2. The number of nitrogens with one attached hydrogen (secondary N) is 1.